The molecule has 0 saturated heterocycles. The highest BCUT2D eigenvalue weighted by atomic mass is 15.3. The van der Waals surface area contributed by atoms with Crippen LogP contribution in [-0.4, -0.2) is 23.4 Å². The minimum absolute atomic E-state index is 0.360. The molecule has 1 atom stereocenters. The number of aliphatic imine (C=N–C) groups is 1. The summed E-state index contributed by atoms with van der Waals surface area (Å²) in [5, 5.41) is 0. The molecule has 0 amide bonds. The third-order valence-electron chi connectivity index (χ3n) is 3.93. The zero-order chi connectivity index (χ0) is 11.7. The smallest absolute Gasteiger partial charge is 0.192 e. The predicted octanol–water partition coefficient (Wildman–Crippen LogP) is 2.30. The summed E-state index contributed by atoms with van der Waals surface area (Å²) in [5.74, 6) is 0.741. The van der Waals surface area contributed by atoms with Crippen LogP contribution in [0.4, 0.5) is 0 Å². The van der Waals surface area contributed by atoms with Crippen LogP contribution >= 0.6 is 0 Å². The third kappa shape index (κ3) is 1.90. The molecule has 1 aliphatic carbocycles. The Hall–Kier alpha value is -1.51. The van der Waals surface area contributed by atoms with Crippen molar-refractivity contribution in [1.82, 2.24) is 4.90 Å². The lowest BCUT2D eigenvalue weighted by Gasteiger charge is -2.32. The minimum atomic E-state index is 0.360. The van der Waals surface area contributed by atoms with E-state index in [-0.39, 0.29) is 0 Å². The molecule has 90 valence electrons. The molecular formula is C14H19N3. The van der Waals surface area contributed by atoms with E-state index in [0.29, 0.717) is 12.1 Å². The average Bonchev–Trinajstić information content (AvgIpc) is 2.99. The van der Waals surface area contributed by atoms with Gasteiger partial charge in [0.05, 0.1) is 12.6 Å². The summed E-state index contributed by atoms with van der Waals surface area (Å²) in [6.07, 6.45) is 5.19. The second kappa shape index (κ2) is 4.40. The Labute approximate surface area is 102 Å². The average molecular weight is 229 g/mol. The van der Waals surface area contributed by atoms with Gasteiger partial charge in [0, 0.05) is 6.04 Å². The molecule has 1 aliphatic heterocycles. The highest BCUT2D eigenvalue weighted by Gasteiger charge is 2.34. The number of benzene rings is 1. The molecule has 0 aromatic heterocycles. The standard InChI is InChI=1S/C14H19N3/c15-14-16-10-13(11-6-2-1-3-7-11)17(14)12-8-4-5-9-12/h1-3,6-7,12-13H,4-5,8-10H2,(H2,15,16). The van der Waals surface area contributed by atoms with Crippen molar-refractivity contribution >= 4 is 5.96 Å². The summed E-state index contributed by atoms with van der Waals surface area (Å²) < 4.78 is 0. The van der Waals surface area contributed by atoms with E-state index in [2.05, 4.69) is 40.2 Å². The van der Waals surface area contributed by atoms with Gasteiger partial charge < -0.3 is 10.6 Å². The summed E-state index contributed by atoms with van der Waals surface area (Å²) >= 11 is 0. The van der Waals surface area contributed by atoms with E-state index in [1.54, 1.807) is 0 Å². The quantitative estimate of drug-likeness (QED) is 0.845. The Morgan fingerprint density at radius 2 is 1.82 bits per heavy atom. The number of rotatable bonds is 2. The molecule has 1 aromatic carbocycles. The number of nitrogens with two attached hydrogens (primary N) is 1. The van der Waals surface area contributed by atoms with Crippen LogP contribution in [0.2, 0.25) is 0 Å². The van der Waals surface area contributed by atoms with Crippen molar-refractivity contribution in [2.24, 2.45) is 10.7 Å². The highest BCUT2D eigenvalue weighted by Crippen LogP contribution is 2.33. The molecule has 17 heavy (non-hydrogen) atoms. The van der Waals surface area contributed by atoms with Crippen LogP contribution in [0.5, 0.6) is 0 Å². The van der Waals surface area contributed by atoms with Crippen LogP contribution in [0.15, 0.2) is 35.3 Å². The summed E-state index contributed by atoms with van der Waals surface area (Å²) in [4.78, 5) is 6.79. The molecule has 3 heteroatoms. The van der Waals surface area contributed by atoms with E-state index >= 15 is 0 Å². The second-order valence-corrected chi connectivity index (χ2v) is 4.97. The summed E-state index contributed by atoms with van der Waals surface area (Å²) in [7, 11) is 0. The molecule has 0 spiro atoms. The van der Waals surface area contributed by atoms with Crippen molar-refractivity contribution in [2.75, 3.05) is 6.54 Å². The van der Waals surface area contributed by atoms with Crippen LogP contribution in [-0.2, 0) is 0 Å². The fraction of sp³-hybridized carbons (Fsp3) is 0.500. The number of hydrogen-bond acceptors (Lipinski definition) is 3. The summed E-state index contributed by atoms with van der Waals surface area (Å²) in [5.41, 5.74) is 7.40. The van der Waals surface area contributed by atoms with E-state index in [0.717, 1.165) is 12.5 Å². The fourth-order valence-electron chi connectivity index (χ4n) is 3.07. The maximum absolute atomic E-state index is 6.06. The molecule has 0 radical (unpaired) electrons. The Bertz CT molecular complexity index is 407. The zero-order valence-electron chi connectivity index (χ0n) is 10.0. The predicted molar refractivity (Wildman–Crippen MR) is 69.8 cm³/mol. The van der Waals surface area contributed by atoms with Crippen molar-refractivity contribution in [2.45, 2.75) is 37.8 Å². The van der Waals surface area contributed by atoms with Gasteiger partial charge in [-0.05, 0) is 18.4 Å². The van der Waals surface area contributed by atoms with Gasteiger partial charge in [-0.3, -0.25) is 4.99 Å². The van der Waals surface area contributed by atoms with Crippen LogP contribution in [0, 0.1) is 0 Å². The van der Waals surface area contributed by atoms with E-state index in [9.17, 15) is 0 Å². The van der Waals surface area contributed by atoms with Crippen molar-refractivity contribution in [3.05, 3.63) is 35.9 Å². The Morgan fingerprint density at radius 1 is 1.12 bits per heavy atom. The molecule has 1 fully saturated rings. The van der Waals surface area contributed by atoms with Crippen molar-refractivity contribution in [3.8, 4) is 0 Å². The maximum Gasteiger partial charge on any atom is 0.192 e. The molecular weight excluding hydrogens is 210 g/mol. The van der Waals surface area contributed by atoms with Gasteiger partial charge in [0.15, 0.2) is 5.96 Å². The first-order chi connectivity index (χ1) is 8.36. The Kier molecular flexibility index (Phi) is 2.75. The van der Waals surface area contributed by atoms with Gasteiger partial charge in [0.1, 0.15) is 0 Å². The zero-order valence-corrected chi connectivity index (χ0v) is 10.0. The molecule has 1 saturated carbocycles. The molecule has 3 rings (SSSR count). The normalized spacial score (nSPS) is 25.3. The van der Waals surface area contributed by atoms with Gasteiger partial charge in [-0.25, -0.2) is 0 Å². The first-order valence-corrected chi connectivity index (χ1v) is 6.49. The third-order valence-corrected chi connectivity index (χ3v) is 3.93. The van der Waals surface area contributed by atoms with E-state index in [1.165, 1.54) is 31.2 Å². The Balaban J connectivity index is 1.85. The molecule has 1 heterocycles. The van der Waals surface area contributed by atoms with E-state index < -0.39 is 0 Å². The molecule has 1 unspecified atom stereocenters. The van der Waals surface area contributed by atoms with Crippen LogP contribution in [0.25, 0.3) is 0 Å². The SMILES string of the molecule is NC1=NCC(c2ccccc2)N1C1CCCC1. The maximum atomic E-state index is 6.06. The van der Waals surface area contributed by atoms with Crippen molar-refractivity contribution in [3.63, 3.8) is 0 Å². The number of guanidine groups is 1. The van der Waals surface area contributed by atoms with Crippen LogP contribution < -0.4 is 5.73 Å². The molecule has 3 nitrogen and oxygen atoms in total. The monoisotopic (exact) mass is 229 g/mol. The van der Waals surface area contributed by atoms with Gasteiger partial charge in [-0.2, -0.15) is 0 Å². The number of nitrogens with zero attached hydrogens (tertiary/aromatic N) is 2. The second-order valence-electron chi connectivity index (χ2n) is 4.97. The Morgan fingerprint density at radius 3 is 2.53 bits per heavy atom. The largest absolute Gasteiger partial charge is 0.370 e. The van der Waals surface area contributed by atoms with Gasteiger partial charge in [-0.15, -0.1) is 0 Å². The van der Waals surface area contributed by atoms with Crippen LogP contribution in [0.1, 0.15) is 37.3 Å². The summed E-state index contributed by atoms with van der Waals surface area (Å²) in [6.45, 7) is 0.812. The van der Waals surface area contributed by atoms with Gasteiger partial charge in [0.2, 0.25) is 0 Å². The van der Waals surface area contributed by atoms with Gasteiger partial charge >= 0.3 is 0 Å². The lowest BCUT2D eigenvalue weighted by molar-refractivity contribution is 0.262. The van der Waals surface area contributed by atoms with Gasteiger partial charge in [0.25, 0.3) is 0 Å². The molecule has 0 bridgehead atoms. The molecule has 1 aromatic rings. The molecule has 2 aliphatic rings. The van der Waals surface area contributed by atoms with Crippen LogP contribution in [0.3, 0.4) is 0 Å². The number of hydrogen-bond donors (Lipinski definition) is 1. The minimum Gasteiger partial charge on any atom is -0.370 e. The molecule has 2 N–H and O–H groups in total. The van der Waals surface area contributed by atoms with E-state index in [4.69, 9.17) is 5.73 Å². The topological polar surface area (TPSA) is 41.6 Å². The fourth-order valence-corrected chi connectivity index (χ4v) is 3.07. The van der Waals surface area contributed by atoms with E-state index in [1.807, 2.05) is 0 Å². The first-order valence-electron chi connectivity index (χ1n) is 6.49. The lowest BCUT2D eigenvalue weighted by Crippen LogP contribution is -2.42. The highest BCUT2D eigenvalue weighted by molar-refractivity contribution is 5.80. The van der Waals surface area contributed by atoms with Gasteiger partial charge in [-0.1, -0.05) is 43.2 Å². The van der Waals surface area contributed by atoms with Crippen molar-refractivity contribution in [1.29, 1.82) is 0 Å². The summed E-state index contributed by atoms with van der Waals surface area (Å²) in [6, 6.07) is 11.6. The lowest BCUT2D eigenvalue weighted by atomic mass is 10.0. The first kappa shape index (κ1) is 10.6. The van der Waals surface area contributed by atoms with Crippen molar-refractivity contribution < 1.29 is 0 Å².